The molecular weight excluding hydrogens is 254 g/mol. The monoisotopic (exact) mass is 267 g/mol. The molecule has 0 fully saturated rings. The van der Waals surface area contributed by atoms with Crippen LogP contribution in [0.4, 0.5) is 5.69 Å². The number of amides is 1. The van der Waals surface area contributed by atoms with E-state index >= 15 is 0 Å². The SMILES string of the molecule is C[C@@]1(C(=O)Oc2ccccc2)C(=O)Nc2ccccc21. The number of rotatable bonds is 2. The minimum absolute atomic E-state index is 0.361. The summed E-state index contributed by atoms with van der Waals surface area (Å²) in [7, 11) is 0. The molecule has 1 amide bonds. The molecule has 100 valence electrons. The Balaban J connectivity index is 1.96. The van der Waals surface area contributed by atoms with Gasteiger partial charge in [-0.05, 0) is 25.1 Å². The highest BCUT2D eigenvalue weighted by Crippen LogP contribution is 2.38. The first-order chi connectivity index (χ1) is 9.62. The second-order valence-corrected chi connectivity index (χ2v) is 4.83. The van der Waals surface area contributed by atoms with Crippen LogP contribution in [0.25, 0.3) is 0 Å². The minimum atomic E-state index is -1.31. The van der Waals surface area contributed by atoms with Crippen LogP contribution in [-0.2, 0) is 15.0 Å². The van der Waals surface area contributed by atoms with E-state index < -0.39 is 11.4 Å². The zero-order valence-electron chi connectivity index (χ0n) is 10.9. The number of hydrogen-bond acceptors (Lipinski definition) is 3. The third kappa shape index (κ3) is 1.77. The van der Waals surface area contributed by atoms with Gasteiger partial charge in [0.05, 0.1) is 0 Å². The van der Waals surface area contributed by atoms with Gasteiger partial charge in [0.2, 0.25) is 5.91 Å². The van der Waals surface area contributed by atoms with E-state index in [1.54, 1.807) is 49.4 Å². The van der Waals surface area contributed by atoms with Crippen LogP contribution in [0.5, 0.6) is 5.75 Å². The number of benzene rings is 2. The summed E-state index contributed by atoms with van der Waals surface area (Å²) in [6.45, 7) is 1.58. The molecule has 1 heterocycles. The lowest BCUT2D eigenvalue weighted by atomic mass is 9.84. The molecule has 1 N–H and O–H groups in total. The highest BCUT2D eigenvalue weighted by atomic mass is 16.5. The molecule has 4 nitrogen and oxygen atoms in total. The lowest BCUT2D eigenvalue weighted by Gasteiger charge is -2.19. The molecule has 2 aromatic rings. The van der Waals surface area contributed by atoms with Crippen molar-refractivity contribution in [2.24, 2.45) is 0 Å². The van der Waals surface area contributed by atoms with Crippen molar-refractivity contribution in [1.82, 2.24) is 0 Å². The van der Waals surface area contributed by atoms with E-state index in [-0.39, 0.29) is 5.91 Å². The zero-order chi connectivity index (χ0) is 14.2. The lowest BCUT2D eigenvalue weighted by Crippen LogP contribution is -2.42. The van der Waals surface area contributed by atoms with Crippen LogP contribution in [0.3, 0.4) is 0 Å². The highest BCUT2D eigenvalue weighted by Gasteiger charge is 2.50. The van der Waals surface area contributed by atoms with E-state index in [0.29, 0.717) is 17.0 Å². The molecule has 20 heavy (non-hydrogen) atoms. The fourth-order valence-corrected chi connectivity index (χ4v) is 2.30. The summed E-state index contributed by atoms with van der Waals surface area (Å²) in [5.74, 6) is -0.512. The third-order valence-electron chi connectivity index (χ3n) is 3.53. The molecule has 0 spiro atoms. The number of carbonyl (C=O) groups is 2. The van der Waals surface area contributed by atoms with Crippen molar-refractivity contribution in [1.29, 1.82) is 0 Å². The maximum atomic E-state index is 12.4. The Labute approximate surface area is 116 Å². The van der Waals surface area contributed by atoms with Crippen LogP contribution in [0, 0.1) is 0 Å². The van der Waals surface area contributed by atoms with Crippen LogP contribution in [0.2, 0.25) is 0 Å². The van der Waals surface area contributed by atoms with E-state index in [9.17, 15) is 9.59 Å². The Hall–Kier alpha value is -2.62. The van der Waals surface area contributed by atoms with Gasteiger partial charge < -0.3 is 10.1 Å². The molecular formula is C16H13NO3. The Morgan fingerprint density at radius 2 is 1.70 bits per heavy atom. The van der Waals surface area contributed by atoms with Crippen LogP contribution in [0.15, 0.2) is 54.6 Å². The van der Waals surface area contributed by atoms with Gasteiger partial charge in [-0.3, -0.25) is 9.59 Å². The van der Waals surface area contributed by atoms with Crippen molar-refractivity contribution in [3.63, 3.8) is 0 Å². The fraction of sp³-hybridized carbons (Fsp3) is 0.125. The van der Waals surface area contributed by atoms with E-state index in [1.165, 1.54) is 0 Å². The van der Waals surface area contributed by atoms with E-state index in [2.05, 4.69) is 5.32 Å². The minimum Gasteiger partial charge on any atom is -0.425 e. The predicted octanol–water partition coefficient (Wildman–Crippen LogP) is 2.50. The first-order valence-corrected chi connectivity index (χ1v) is 6.30. The maximum absolute atomic E-state index is 12.4. The van der Waals surface area contributed by atoms with E-state index in [1.807, 2.05) is 12.1 Å². The van der Waals surface area contributed by atoms with Crippen molar-refractivity contribution in [3.8, 4) is 5.75 Å². The smallest absolute Gasteiger partial charge is 0.331 e. The van der Waals surface area contributed by atoms with Crippen LogP contribution >= 0.6 is 0 Å². The number of ether oxygens (including phenoxy) is 1. The quantitative estimate of drug-likeness (QED) is 0.516. The summed E-state index contributed by atoms with van der Waals surface area (Å²) >= 11 is 0. The Morgan fingerprint density at radius 3 is 2.45 bits per heavy atom. The van der Waals surface area contributed by atoms with Gasteiger partial charge in [-0.2, -0.15) is 0 Å². The first kappa shape index (κ1) is 12.4. The molecule has 0 aliphatic carbocycles. The van der Waals surface area contributed by atoms with Crippen molar-refractivity contribution in [3.05, 3.63) is 60.2 Å². The predicted molar refractivity (Wildman–Crippen MR) is 74.5 cm³/mol. The van der Waals surface area contributed by atoms with E-state index in [0.717, 1.165) is 0 Å². The number of anilines is 1. The van der Waals surface area contributed by atoms with Gasteiger partial charge in [0, 0.05) is 11.3 Å². The third-order valence-corrected chi connectivity index (χ3v) is 3.53. The van der Waals surface area contributed by atoms with Crippen LogP contribution in [0.1, 0.15) is 12.5 Å². The molecule has 1 atom stereocenters. The summed E-state index contributed by atoms with van der Waals surface area (Å²) in [4.78, 5) is 24.6. The molecule has 0 unspecified atom stereocenters. The zero-order valence-corrected chi connectivity index (χ0v) is 10.9. The van der Waals surface area contributed by atoms with Crippen LogP contribution < -0.4 is 10.1 Å². The summed E-state index contributed by atoms with van der Waals surface area (Å²) < 4.78 is 5.33. The van der Waals surface area contributed by atoms with Gasteiger partial charge in [0.25, 0.3) is 0 Å². The molecule has 0 radical (unpaired) electrons. The van der Waals surface area contributed by atoms with Crippen molar-refractivity contribution in [2.75, 3.05) is 5.32 Å². The number of hydrogen-bond donors (Lipinski definition) is 1. The molecule has 1 aliphatic heterocycles. The molecule has 0 bridgehead atoms. The topological polar surface area (TPSA) is 55.4 Å². The Bertz CT molecular complexity index is 681. The number of para-hydroxylation sites is 2. The summed E-state index contributed by atoms with van der Waals surface area (Å²) in [6, 6.07) is 15.9. The molecule has 0 aromatic heterocycles. The maximum Gasteiger partial charge on any atom is 0.331 e. The number of esters is 1. The van der Waals surface area contributed by atoms with Crippen molar-refractivity contribution >= 4 is 17.6 Å². The second kappa shape index (κ2) is 4.49. The average Bonchev–Trinajstić information content (AvgIpc) is 2.73. The number of nitrogens with one attached hydrogen (secondary N) is 1. The second-order valence-electron chi connectivity index (χ2n) is 4.83. The van der Waals surface area contributed by atoms with E-state index in [4.69, 9.17) is 4.74 Å². The highest BCUT2D eigenvalue weighted by molar-refractivity contribution is 6.19. The molecule has 2 aromatic carbocycles. The molecule has 0 saturated heterocycles. The summed E-state index contributed by atoms with van der Waals surface area (Å²) in [6.07, 6.45) is 0. The Morgan fingerprint density at radius 1 is 1.05 bits per heavy atom. The lowest BCUT2D eigenvalue weighted by molar-refractivity contribution is -0.144. The van der Waals surface area contributed by atoms with Crippen molar-refractivity contribution < 1.29 is 14.3 Å². The van der Waals surface area contributed by atoms with Crippen molar-refractivity contribution in [2.45, 2.75) is 12.3 Å². The largest absolute Gasteiger partial charge is 0.425 e. The van der Waals surface area contributed by atoms with Gasteiger partial charge in [-0.1, -0.05) is 36.4 Å². The van der Waals surface area contributed by atoms with Gasteiger partial charge in [0.15, 0.2) is 5.41 Å². The summed E-state index contributed by atoms with van der Waals surface area (Å²) in [5, 5.41) is 2.71. The molecule has 4 heteroatoms. The van der Waals surface area contributed by atoms with Gasteiger partial charge in [-0.25, -0.2) is 0 Å². The van der Waals surface area contributed by atoms with Gasteiger partial charge in [0.1, 0.15) is 5.75 Å². The standard InChI is InChI=1S/C16H13NO3/c1-16(15(19)20-11-7-3-2-4-8-11)12-9-5-6-10-13(12)17-14(16)18/h2-10H,1H3,(H,17,18)/t16-/m0/s1. The Kier molecular flexibility index (Phi) is 2.79. The first-order valence-electron chi connectivity index (χ1n) is 6.30. The normalized spacial score (nSPS) is 20.1. The molecule has 3 rings (SSSR count). The summed E-state index contributed by atoms with van der Waals surface area (Å²) in [5.41, 5.74) is -0.0113. The molecule has 0 saturated carbocycles. The number of carbonyl (C=O) groups excluding carboxylic acids is 2. The fourth-order valence-electron chi connectivity index (χ4n) is 2.30. The molecule has 1 aliphatic rings. The van der Waals surface area contributed by atoms with Gasteiger partial charge in [-0.15, -0.1) is 0 Å². The number of fused-ring (bicyclic) bond motifs is 1. The van der Waals surface area contributed by atoms with Crippen LogP contribution in [-0.4, -0.2) is 11.9 Å². The average molecular weight is 267 g/mol. The van der Waals surface area contributed by atoms with Gasteiger partial charge >= 0.3 is 5.97 Å².